The minimum atomic E-state index is -0.549. The molecule has 2 heterocycles. The van der Waals surface area contributed by atoms with Gasteiger partial charge in [-0.3, -0.25) is 29.0 Å². The highest BCUT2D eigenvalue weighted by Gasteiger charge is 2.34. The lowest BCUT2D eigenvalue weighted by Crippen LogP contribution is -2.41. The molecule has 0 unspecified atom stereocenters. The summed E-state index contributed by atoms with van der Waals surface area (Å²) in [6, 6.07) is 16.5. The van der Waals surface area contributed by atoms with Crippen molar-refractivity contribution in [1.29, 1.82) is 0 Å². The molecule has 0 spiro atoms. The van der Waals surface area contributed by atoms with Crippen LogP contribution in [0.3, 0.4) is 0 Å². The Morgan fingerprint density at radius 2 is 0.952 bits per heavy atom. The van der Waals surface area contributed by atoms with Gasteiger partial charge in [0.25, 0.3) is 23.6 Å². The molecule has 0 radical (unpaired) electrons. The summed E-state index contributed by atoms with van der Waals surface area (Å²) in [5.41, 5.74) is 2.58. The van der Waals surface area contributed by atoms with Crippen molar-refractivity contribution < 1.29 is 24.0 Å². The highest BCUT2D eigenvalue weighted by molar-refractivity contribution is 6.29. The second kappa shape index (κ2) is 10.7. The van der Waals surface area contributed by atoms with Gasteiger partial charge in [0.15, 0.2) is 0 Å². The molecule has 0 bridgehead atoms. The van der Waals surface area contributed by atoms with Gasteiger partial charge in [-0.2, -0.15) is 0 Å². The fourth-order valence-electron chi connectivity index (χ4n) is 5.82. The first-order chi connectivity index (χ1) is 20.3. The molecule has 0 fully saturated rings. The number of unbranched alkanes of at least 4 members (excludes halogenated alkanes) is 2. The van der Waals surface area contributed by atoms with Crippen LogP contribution in [0.2, 0.25) is 0 Å². The van der Waals surface area contributed by atoms with E-state index < -0.39 is 6.03 Å². The largest absolute Gasteiger partial charge is 0.323 e. The Bertz CT molecular complexity index is 1650. The average molecular weight is 563 g/mol. The highest BCUT2D eigenvalue weighted by atomic mass is 16.2. The van der Waals surface area contributed by atoms with Crippen LogP contribution in [0.25, 0.3) is 21.5 Å². The Morgan fingerprint density at radius 3 is 1.33 bits per heavy atom. The summed E-state index contributed by atoms with van der Waals surface area (Å²) in [5.74, 6) is -1.35. The number of carbonyl (C=O) groups excluding carboxylic acids is 5. The number of hydrogen-bond donors (Lipinski definition) is 2. The zero-order chi connectivity index (χ0) is 29.5. The second-order valence-electron chi connectivity index (χ2n) is 10.6. The number of carbonyl (C=O) groups is 5. The predicted molar refractivity (Wildman–Crippen MR) is 161 cm³/mol. The lowest BCUT2D eigenvalue weighted by Gasteiger charge is -2.28. The summed E-state index contributed by atoms with van der Waals surface area (Å²) in [6.45, 7) is 4.72. The molecule has 0 aromatic heterocycles. The Kier molecular flexibility index (Phi) is 6.94. The van der Waals surface area contributed by atoms with Gasteiger partial charge in [0.1, 0.15) is 0 Å². The molecule has 0 saturated heterocycles. The van der Waals surface area contributed by atoms with Gasteiger partial charge < -0.3 is 10.6 Å². The smallest absolute Gasteiger partial charge is 0.307 e. The van der Waals surface area contributed by atoms with Crippen LogP contribution >= 0.6 is 0 Å². The maximum atomic E-state index is 13.3. The third kappa shape index (κ3) is 4.29. The summed E-state index contributed by atoms with van der Waals surface area (Å²) in [7, 11) is 0. The molecule has 0 saturated carbocycles. The van der Waals surface area contributed by atoms with Crippen molar-refractivity contribution in [3.05, 3.63) is 82.9 Å². The van der Waals surface area contributed by atoms with Gasteiger partial charge in [-0.1, -0.05) is 51.0 Å². The SMILES string of the molecule is CCCCN1C(=O)c2cccc3c(NC(=O)Nc4ccc5c6c(cccc46)C(=O)N(CCCC)C5=O)ccc(c23)C1=O. The Hall–Kier alpha value is -5.05. The van der Waals surface area contributed by atoms with E-state index in [1.807, 2.05) is 13.8 Å². The molecule has 0 atom stereocenters. The van der Waals surface area contributed by atoms with Crippen molar-refractivity contribution in [2.24, 2.45) is 0 Å². The van der Waals surface area contributed by atoms with E-state index in [9.17, 15) is 24.0 Å². The van der Waals surface area contributed by atoms with Crippen LogP contribution in [0, 0.1) is 0 Å². The van der Waals surface area contributed by atoms with Crippen molar-refractivity contribution >= 4 is 62.6 Å². The van der Waals surface area contributed by atoms with Gasteiger partial charge in [-0.05, 0) is 49.2 Å². The van der Waals surface area contributed by atoms with E-state index in [0.717, 1.165) is 25.7 Å². The van der Waals surface area contributed by atoms with E-state index in [-0.39, 0.29) is 23.6 Å². The molecule has 4 aromatic rings. The van der Waals surface area contributed by atoms with E-state index >= 15 is 0 Å². The monoisotopic (exact) mass is 562 g/mol. The number of rotatable bonds is 8. The summed E-state index contributed by atoms with van der Waals surface area (Å²) >= 11 is 0. The quantitative estimate of drug-likeness (QED) is 0.240. The van der Waals surface area contributed by atoms with E-state index in [2.05, 4.69) is 10.6 Å². The number of imide groups is 2. The summed E-state index contributed by atoms with van der Waals surface area (Å²) in [4.78, 5) is 68.5. The minimum Gasteiger partial charge on any atom is -0.307 e. The molecule has 9 heteroatoms. The first kappa shape index (κ1) is 27.1. The molecular weight excluding hydrogens is 532 g/mol. The van der Waals surface area contributed by atoms with Gasteiger partial charge in [-0.25, -0.2) is 4.79 Å². The Morgan fingerprint density at radius 1 is 0.571 bits per heavy atom. The van der Waals surface area contributed by atoms with Crippen LogP contribution < -0.4 is 10.6 Å². The van der Waals surface area contributed by atoms with Crippen LogP contribution in [-0.2, 0) is 0 Å². The molecule has 0 aliphatic carbocycles. The number of nitrogens with one attached hydrogen (secondary N) is 2. The minimum absolute atomic E-state index is 0.339. The van der Waals surface area contributed by atoms with Crippen LogP contribution in [0.1, 0.15) is 81.0 Å². The molecule has 2 N–H and O–H groups in total. The third-order valence-electron chi connectivity index (χ3n) is 7.95. The molecular formula is C33H30N4O5. The predicted octanol–water partition coefficient (Wildman–Crippen LogP) is 6.43. The summed E-state index contributed by atoms with van der Waals surface area (Å²) < 4.78 is 0. The number of amides is 6. The fraction of sp³-hybridized carbons (Fsp3) is 0.242. The standard InChI is InChI=1S/C33H30N4O5/c1-3-5-17-36-29(38)21-11-7-9-19-25(15-13-23(27(19)21)31(36)40)34-33(42)35-26-16-14-24-28-20(26)10-8-12-22(28)30(39)37(32(24)41)18-6-4-2/h7-16H,3-6,17-18H2,1-2H3,(H2,34,35,42). The van der Waals surface area contributed by atoms with Crippen LogP contribution in [0.15, 0.2) is 60.7 Å². The molecule has 2 aliphatic heterocycles. The van der Waals surface area contributed by atoms with Crippen molar-refractivity contribution in [1.82, 2.24) is 9.80 Å². The molecule has 6 rings (SSSR count). The molecule has 212 valence electrons. The first-order valence-electron chi connectivity index (χ1n) is 14.3. The van der Waals surface area contributed by atoms with Crippen LogP contribution in [0.5, 0.6) is 0 Å². The fourth-order valence-corrected chi connectivity index (χ4v) is 5.82. The Balaban J connectivity index is 1.31. The molecule has 2 aliphatic rings. The van der Waals surface area contributed by atoms with Crippen LogP contribution in [0.4, 0.5) is 16.2 Å². The van der Waals surface area contributed by atoms with Crippen molar-refractivity contribution in [2.45, 2.75) is 39.5 Å². The highest BCUT2D eigenvalue weighted by Crippen LogP contribution is 2.36. The van der Waals surface area contributed by atoms with Gasteiger partial charge >= 0.3 is 6.03 Å². The Labute approximate surface area is 242 Å². The maximum absolute atomic E-state index is 13.3. The van der Waals surface area contributed by atoms with Gasteiger partial charge in [0.2, 0.25) is 0 Å². The summed E-state index contributed by atoms with van der Waals surface area (Å²) in [6.07, 6.45) is 3.16. The first-order valence-corrected chi connectivity index (χ1v) is 14.3. The van der Waals surface area contributed by atoms with E-state index in [0.29, 0.717) is 68.3 Å². The molecule has 4 aromatic carbocycles. The lowest BCUT2D eigenvalue weighted by molar-refractivity contribution is 0.0593. The van der Waals surface area contributed by atoms with Crippen molar-refractivity contribution in [2.75, 3.05) is 23.7 Å². The van der Waals surface area contributed by atoms with Crippen molar-refractivity contribution in [3.63, 3.8) is 0 Å². The number of nitrogens with zero attached hydrogens (tertiary/aromatic N) is 2. The van der Waals surface area contributed by atoms with Gasteiger partial charge in [0, 0.05) is 56.9 Å². The molecule has 42 heavy (non-hydrogen) atoms. The zero-order valence-electron chi connectivity index (χ0n) is 23.5. The average Bonchev–Trinajstić information content (AvgIpc) is 2.99. The normalized spacial score (nSPS) is 14.2. The third-order valence-corrected chi connectivity index (χ3v) is 7.95. The second-order valence-corrected chi connectivity index (χ2v) is 10.6. The van der Waals surface area contributed by atoms with Gasteiger partial charge in [0.05, 0.1) is 11.4 Å². The molecule has 6 amide bonds. The number of benzene rings is 4. The van der Waals surface area contributed by atoms with Crippen molar-refractivity contribution in [3.8, 4) is 0 Å². The number of anilines is 2. The molecule has 9 nitrogen and oxygen atoms in total. The maximum Gasteiger partial charge on any atom is 0.323 e. The number of hydrogen-bond acceptors (Lipinski definition) is 5. The van der Waals surface area contributed by atoms with Gasteiger partial charge in [-0.15, -0.1) is 0 Å². The van der Waals surface area contributed by atoms with Crippen LogP contribution in [-0.4, -0.2) is 52.5 Å². The number of urea groups is 1. The van der Waals surface area contributed by atoms with E-state index in [1.54, 1.807) is 60.7 Å². The van der Waals surface area contributed by atoms with E-state index in [1.165, 1.54) is 9.80 Å². The topological polar surface area (TPSA) is 116 Å². The van der Waals surface area contributed by atoms with E-state index in [4.69, 9.17) is 0 Å². The summed E-state index contributed by atoms with van der Waals surface area (Å²) in [5, 5.41) is 7.90. The lowest BCUT2D eigenvalue weighted by atomic mass is 9.92. The zero-order valence-corrected chi connectivity index (χ0v) is 23.5.